The molecule has 8 nitrogen and oxygen atoms in total. The zero-order valence-electron chi connectivity index (χ0n) is 16.9. The molecule has 2 aromatic heterocycles. The third-order valence-corrected chi connectivity index (χ3v) is 4.48. The highest BCUT2D eigenvalue weighted by molar-refractivity contribution is 5.73. The molecule has 0 bridgehead atoms. The maximum atomic E-state index is 12.9. The van der Waals surface area contributed by atoms with Gasteiger partial charge in [-0.3, -0.25) is 4.79 Å². The van der Waals surface area contributed by atoms with E-state index in [2.05, 4.69) is 15.1 Å². The van der Waals surface area contributed by atoms with Crippen LogP contribution in [0.4, 0.5) is 13.2 Å². The Bertz CT molecular complexity index is 1180. The number of carbonyl (C=O) groups is 1. The molecule has 0 radical (unpaired) electrons. The molecule has 11 heteroatoms. The Labute approximate surface area is 175 Å². The van der Waals surface area contributed by atoms with Gasteiger partial charge in [0.05, 0.1) is 24.7 Å². The summed E-state index contributed by atoms with van der Waals surface area (Å²) in [4.78, 5) is 19.9. The fourth-order valence-corrected chi connectivity index (χ4v) is 3.02. The maximum Gasteiger partial charge on any atom is 0.453 e. The Balaban J connectivity index is 1.78. The van der Waals surface area contributed by atoms with E-state index >= 15 is 0 Å². The van der Waals surface area contributed by atoms with Crippen molar-refractivity contribution < 1.29 is 27.4 Å². The van der Waals surface area contributed by atoms with Gasteiger partial charge >= 0.3 is 12.1 Å². The fraction of sp³-hybridized carbons (Fsp3) is 0.350. The first-order valence-corrected chi connectivity index (χ1v) is 9.31. The number of alkyl halides is 3. The number of aromatic nitrogens is 4. The van der Waals surface area contributed by atoms with Gasteiger partial charge in [-0.05, 0) is 44.9 Å². The Morgan fingerprint density at radius 1 is 1.23 bits per heavy atom. The first-order chi connectivity index (χ1) is 14.6. The molecule has 0 atom stereocenters. The summed E-state index contributed by atoms with van der Waals surface area (Å²) < 4.78 is 50.5. The topological polar surface area (TPSA) is 102 Å². The second kappa shape index (κ2) is 8.59. The van der Waals surface area contributed by atoms with Gasteiger partial charge in [-0.25, -0.2) is 9.50 Å². The van der Waals surface area contributed by atoms with Crippen LogP contribution in [0.5, 0.6) is 11.5 Å². The van der Waals surface area contributed by atoms with Crippen LogP contribution in [-0.4, -0.2) is 32.2 Å². The van der Waals surface area contributed by atoms with Crippen LogP contribution < -0.4 is 9.47 Å². The predicted molar refractivity (Wildman–Crippen MR) is 102 cm³/mol. The lowest BCUT2D eigenvalue weighted by molar-refractivity contribution is -0.144. The number of benzene rings is 1. The molecule has 3 rings (SSSR count). The van der Waals surface area contributed by atoms with Gasteiger partial charge in [0.25, 0.3) is 11.6 Å². The van der Waals surface area contributed by atoms with Crippen LogP contribution in [0.3, 0.4) is 0 Å². The van der Waals surface area contributed by atoms with Crippen molar-refractivity contribution in [3.63, 3.8) is 0 Å². The molecule has 0 aliphatic rings. The molecule has 0 saturated carbocycles. The zero-order chi connectivity index (χ0) is 22.8. The molecule has 0 saturated heterocycles. The van der Waals surface area contributed by atoms with Crippen molar-refractivity contribution >= 4 is 11.7 Å². The first kappa shape index (κ1) is 22.0. The monoisotopic (exact) mass is 433 g/mol. The van der Waals surface area contributed by atoms with E-state index < -0.39 is 18.0 Å². The quantitative estimate of drug-likeness (QED) is 0.433. The standard InChI is InChI=1S/C20H18F3N5O3/c1-4-30-16-9-13(10-24)5-7-15(16)31-17(29)8-6-14-11(2)25-19-26-18(20(21,22)23)27-28(19)12(14)3/h5,7,9H,4,6,8H2,1-3H3. The molecule has 0 fully saturated rings. The normalized spacial score (nSPS) is 11.4. The summed E-state index contributed by atoms with van der Waals surface area (Å²) in [5.74, 6) is -1.55. The lowest BCUT2D eigenvalue weighted by atomic mass is 10.1. The van der Waals surface area contributed by atoms with Gasteiger partial charge < -0.3 is 9.47 Å². The molecule has 0 aliphatic heterocycles. The molecule has 162 valence electrons. The summed E-state index contributed by atoms with van der Waals surface area (Å²) in [7, 11) is 0. The van der Waals surface area contributed by atoms with Crippen LogP contribution in [0.1, 0.15) is 41.7 Å². The predicted octanol–water partition coefficient (Wildman–Crippen LogP) is 3.57. The van der Waals surface area contributed by atoms with Crippen LogP contribution in [0.25, 0.3) is 5.78 Å². The number of fused-ring (bicyclic) bond motifs is 1. The Morgan fingerprint density at radius 2 is 1.97 bits per heavy atom. The van der Waals surface area contributed by atoms with Gasteiger partial charge in [-0.1, -0.05) is 0 Å². The molecule has 3 aromatic rings. The number of carbonyl (C=O) groups excluding carboxylic acids is 1. The van der Waals surface area contributed by atoms with Gasteiger partial charge in [-0.15, -0.1) is 5.10 Å². The van der Waals surface area contributed by atoms with Crippen LogP contribution in [0, 0.1) is 25.2 Å². The van der Waals surface area contributed by atoms with E-state index in [1.807, 2.05) is 6.07 Å². The number of halogens is 3. The van der Waals surface area contributed by atoms with E-state index in [0.29, 0.717) is 29.1 Å². The summed E-state index contributed by atoms with van der Waals surface area (Å²) in [6.45, 7) is 5.30. The van der Waals surface area contributed by atoms with Gasteiger partial charge in [0, 0.05) is 17.5 Å². The number of aryl methyl sites for hydroxylation is 2. The number of nitrogens with zero attached hydrogens (tertiary/aromatic N) is 5. The highest BCUT2D eigenvalue weighted by Gasteiger charge is 2.37. The second-order valence-corrected chi connectivity index (χ2v) is 6.59. The van der Waals surface area contributed by atoms with Crippen molar-refractivity contribution in [2.24, 2.45) is 0 Å². The largest absolute Gasteiger partial charge is 0.490 e. The average Bonchev–Trinajstić information content (AvgIpc) is 3.14. The minimum absolute atomic E-state index is 0.0543. The Morgan fingerprint density at radius 3 is 2.61 bits per heavy atom. The van der Waals surface area contributed by atoms with Crippen molar-refractivity contribution in [2.45, 2.75) is 39.8 Å². The van der Waals surface area contributed by atoms with E-state index in [1.54, 1.807) is 20.8 Å². The van der Waals surface area contributed by atoms with Crippen molar-refractivity contribution in [1.29, 1.82) is 5.26 Å². The molecular formula is C20H18F3N5O3. The molecule has 0 aliphatic carbocycles. The third kappa shape index (κ3) is 4.74. The highest BCUT2D eigenvalue weighted by atomic mass is 19.4. The van der Waals surface area contributed by atoms with Crippen molar-refractivity contribution in [1.82, 2.24) is 19.6 Å². The smallest absolute Gasteiger partial charge is 0.453 e. The summed E-state index contributed by atoms with van der Waals surface area (Å²) in [5.41, 5.74) is 1.80. The first-order valence-electron chi connectivity index (χ1n) is 9.31. The average molecular weight is 433 g/mol. The molecule has 0 unspecified atom stereocenters. The lowest BCUT2D eigenvalue weighted by Crippen LogP contribution is -2.13. The minimum atomic E-state index is -4.68. The third-order valence-electron chi connectivity index (χ3n) is 4.48. The minimum Gasteiger partial charge on any atom is -0.490 e. The van der Waals surface area contributed by atoms with Gasteiger partial charge in [0.15, 0.2) is 11.5 Å². The molecular weight excluding hydrogens is 415 g/mol. The highest BCUT2D eigenvalue weighted by Crippen LogP contribution is 2.29. The van der Waals surface area contributed by atoms with Crippen LogP contribution in [0.2, 0.25) is 0 Å². The van der Waals surface area contributed by atoms with E-state index in [4.69, 9.17) is 14.7 Å². The molecule has 0 N–H and O–H groups in total. The number of rotatable bonds is 6. The molecule has 0 amide bonds. The molecule has 0 spiro atoms. The number of nitriles is 1. The van der Waals surface area contributed by atoms with Crippen LogP contribution in [0.15, 0.2) is 18.2 Å². The Hall–Kier alpha value is -3.68. The Kier molecular flexibility index (Phi) is 6.10. The second-order valence-electron chi connectivity index (χ2n) is 6.59. The number of hydrogen-bond donors (Lipinski definition) is 0. The van der Waals surface area contributed by atoms with E-state index in [0.717, 1.165) is 4.52 Å². The zero-order valence-corrected chi connectivity index (χ0v) is 16.9. The lowest BCUT2D eigenvalue weighted by Gasteiger charge is -2.12. The van der Waals surface area contributed by atoms with Crippen molar-refractivity contribution in [3.05, 3.63) is 46.5 Å². The van der Waals surface area contributed by atoms with Gasteiger partial charge in [0.1, 0.15) is 0 Å². The van der Waals surface area contributed by atoms with Gasteiger partial charge in [0.2, 0.25) is 0 Å². The summed E-state index contributed by atoms with van der Waals surface area (Å²) >= 11 is 0. The van der Waals surface area contributed by atoms with Crippen LogP contribution in [-0.2, 0) is 17.4 Å². The summed E-state index contributed by atoms with van der Waals surface area (Å²) in [5, 5.41) is 12.5. The molecule has 31 heavy (non-hydrogen) atoms. The maximum absolute atomic E-state index is 12.9. The number of hydrogen-bond acceptors (Lipinski definition) is 7. The number of esters is 1. The van der Waals surface area contributed by atoms with Crippen molar-refractivity contribution in [2.75, 3.05) is 6.61 Å². The summed E-state index contributed by atoms with van der Waals surface area (Å²) in [6, 6.07) is 6.43. The van der Waals surface area contributed by atoms with Crippen molar-refractivity contribution in [3.8, 4) is 17.6 Å². The van der Waals surface area contributed by atoms with E-state index in [1.165, 1.54) is 18.2 Å². The van der Waals surface area contributed by atoms with Gasteiger partial charge in [-0.2, -0.15) is 23.4 Å². The fourth-order valence-electron chi connectivity index (χ4n) is 3.02. The van der Waals surface area contributed by atoms with E-state index in [9.17, 15) is 18.0 Å². The number of ether oxygens (including phenoxy) is 2. The molecule has 1 aromatic carbocycles. The summed E-state index contributed by atoms with van der Waals surface area (Å²) in [6.07, 6.45) is -4.56. The molecule has 2 heterocycles. The van der Waals surface area contributed by atoms with E-state index in [-0.39, 0.29) is 30.1 Å². The SMILES string of the molecule is CCOc1cc(C#N)ccc1OC(=O)CCc1c(C)nc2nc(C(F)(F)F)nn2c1C. The van der Waals surface area contributed by atoms with Crippen LogP contribution >= 0.6 is 0 Å².